The highest BCUT2D eigenvalue weighted by Crippen LogP contribution is 2.31. The van der Waals surface area contributed by atoms with Gasteiger partial charge in [-0.2, -0.15) is 0 Å². The summed E-state index contributed by atoms with van der Waals surface area (Å²) in [6, 6.07) is 6.17. The first kappa shape index (κ1) is 12.3. The molecule has 17 heavy (non-hydrogen) atoms. The third-order valence-electron chi connectivity index (χ3n) is 2.84. The zero-order chi connectivity index (χ0) is 12.4. The van der Waals surface area contributed by atoms with Gasteiger partial charge in [-0.1, -0.05) is 17.7 Å². The predicted octanol–water partition coefficient (Wildman–Crippen LogP) is 2.50. The van der Waals surface area contributed by atoms with Crippen LogP contribution in [0.3, 0.4) is 0 Å². The molecular formula is C13H16O3S. The second-order valence-electron chi connectivity index (χ2n) is 4.37. The van der Waals surface area contributed by atoms with Crippen LogP contribution in [0.4, 0.5) is 0 Å². The van der Waals surface area contributed by atoms with Gasteiger partial charge in [-0.3, -0.25) is 4.79 Å². The number of benzene rings is 1. The molecule has 0 spiro atoms. The Bertz CT molecular complexity index is 431. The van der Waals surface area contributed by atoms with Crippen LogP contribution in [-0.4, -0.2) is 28.2 Å². The first-order chi connectivity index (χ1) is 8.06. The fourth-order valence-electron chi connectivity index (χ4n) is 1.87. The van der Waals surface area contributed by atoms with E-state index in [4.69, 9.17) is 9.84 Å². The van der Waals surface area contributed by atoms with Crippen molar-refractivity contribution in [1.29, 1.82) is 0 Å². The molecule has 2 atom stereocenters. The van der Waals surface area contributed by atoms with Gasteiger partial charge in [0.05, 0.1) is 5.25 Å². The van der Waals surface area contributed by atoms with Gasteiger partial charge >= 0.3 is 5.97 Å². The molecule has 4 heteroatoms. The average Bonchev–Trinajstić information content (AvgIpc) is 2.67. The highest BCUT2D eigenvalue weighted by Gasteiger charge is 2.24. The molecule has 0 amide bonds. The Hall–Kier alpha value is -1.16. The van der Waals surface area contributed by atoms with E-state index < -0.39 is 5.97 Å². The van der Waals surface area contributed by atoms with E-state index in [1.54, 1.807) is 6.92 Å². The van der Waals surface area contributed by atoms with Crippen molar-refractivity contribution in [3.8, 4) is 5.75 Å². The quantitative estimate of drug-likeness (QED) is 0.894. The van der Waals surface area contributed by atoms with E-state index in [2.05, 4.69) is 13.0 Å². The predicted molar refractivity (Wildman–Crippen MR) is 68.9 cm³/mol. The number of carboxylic acid groups (broad SMARTS) is 1. The number of carboxylic acids is 1. The van der Waals surface area contributed by atoms with E-state index in [-0.39, 0.29) is 11.4 Å². The zero-order valence-electron chi connectivity index (χ0n) is 9.97. The number of carbonyl (C=O) groups is 1. The molecule has 2 rings (SSSR count). The molecule has 92 valence electrons. The number of ether oxygens (including phenoxy) is 1. The third-order valence-corrected chi connectivity index (χ3v) is 4.10. The highest BCUT2D eigenvalue weighted by molar-refractivity contribution is 8.00. The summed E-state index contributed by atoms with van der Waals surface area (Å²) >= 11 is 1.43. The van der Waals surface area contributed by atoms with Crippen LogP contribution in [0.1, 0.15) is 18.1 Å². The Morgan fingerprint density at radius 2 is 2.41 bits per heavy atom. The van der Waals surface area contributed by atoms with Crippen LogP contribution in [0.25, 0.3) is 0 Å². The molecule has 0 aromatic heterocycles. The smallest absolute Gasteiger partial charge is 0.316 e. The van der Waals surface area contributed by atoms with E-state index in [1.807, 2.05) is 12.1 Å². The number of fused-ring (bicyclic) bond motifs is 1. The fraction of sp³-hybridized carbons (Fsp3) is 0.462. The molecule has 0 saturated heterocycles. The van der Waals surface area contributed by atoms with Crippen LogP contribution in [-0.2, 0) is 11.2 Å². The largest absolute Gasteiger partial charge is 0.489 e. The van der Waals surface area contributed by atoms with Gasteiger partial charge in [-0.15, -0.1) is 11.8 Å². The van der Waals surface area contributed by atoms with E-state index in [0.717, 1.165) is 17.9 Å². The lowest BCUT2D eigenvalue weighted by molar-refractivity contribution is -0.136. The van der Waals surface area contributed by atoms with Crippen molar-refractivity contribution >= 4 is 17.7 Å². The molecule has 1 aromatic rings. The molecule has 1 aliphatic heterocycles. The first-order valence-corrected chi connectivity index (χ1v) is 6.71. The SMILES string of the molecule is Cc1ccc2c(c1)CC(CSC(C)C(=O)O)O2. The van der Waals surface area contributed by atoms with Crippen LogP contribution in [0, 0.1) is 6.92 Å². The van der Waals surface area contributed by atoms with Crippen molar-refractivity contribution in [1.82, 2.24) is 0 Å². The van der Waals surface area contributed by atoms with Crippen molar-refractivity contribution < 1.29 is 14.6 Å². The molecule has 0 saturated carbocycles. The minimum absolute atomic E-state index is 0.110. The van der Waals surface area contributed by atoms with Crippen LogP contribution in [0.15, 0.2) is 18.2 Å². The molecule has 1 aliphatic rings. The topological polar surface area (TPSA) is 46.5 Å². The van der Waals surface area contributed by atoms with E-state index in [9.17, 15) is 4.79 Å². The van der Waals surface area contributed by atoms with E-state index in [1.165, 1.54) is 22.9 Å². The van der Waals surface area contributed by atoms with Gasteiger partial charge in [0.25, 0.3) is 0 Å². The monoisotopic (exact) mass is 252 g/mol. The molecule has 0 radical (unpaired) electrons. The summed E-state index contributed by atoms with van der Waals surface area (Å²) in [5.74, 6) is 0.909. The second kappa shape index (κ2) is 5.00. The molecule has 0 fully saturated rings. The Balaban J connectivity index is 1.90. The number of aryl methyl sites for hydroxylation is 1. The van der Waals surface area contributed by atoms with Gasteiger partial charge in [-0.25, -0.2) is 0 Å². The number of hydrogen-bond acceptors (Lipinski definition) is 3. The third kappa shape index (κ3) is 2.94. The van der Waals surface area contributed by atoms with Crippen LogP contribution >= 0.6 is 11.8 Å². The molecule has 3 nitrogen and oxygen atoms in total. The molecule has 1 N–H and O–H groups in total. The Labute approximate surface area is 105 Å². The summed E-state index contributed by atoms with van der Waals surface area (Å²) in [5, 5.41) is 8.43. The lowest BCUT2D eigenvalue weighted by atomic mass is 10.1. The van der Waals surface area contributed by atoms with Crippen LogP contribution in [0.2, 0.25) is 0 Å². The van der Waals surface area contributed by atoms with Gasteiger partial charge in [0.2, 0.25) is 0 Å². The second-order valence-corrected chi connectivity index (χ2v) is 5.74. The molecular weight excluding hydrogens is 236 g/mol. The van der Waals surface area contributed by atoms with Crippen molar-refractivity contribution in [3.05, 3.63) is 29.3 Å². The van der Waals surface area contributed by atoms with Gasteiger partial charge in [0.1, 0.15) is 11.9 Å². The maximum atomic E-state index is 10.7. The van der Waals surface area contributed by atoms with Gasteiger partial charge < -0.3 is 9.84 Å². The standard InChI is InChI=1S/C13H16O3S/c1-8-3-4-12-10(5-8)6-11(16-12)7-17-9(2)13(14)15/h3-5,9,11H,6-7H2,1-2H3,(H,14,15). The number of rotatable bonds is 4. The molecule has 0 bridgehead atoms. The summed E-state index contributed by atoms with van der Waals surface area (Å²) in [4.78, 5) is 10.7. The number of thioether (sulfide) groups is 1. The number of aliphatic carboxylic acids is 1. The van der Waals surface area contributed by atoms with Gasteiger partial charge in [0, 0.05) is 12.2 Å². The van der Waals surface area contributed by atoms with Gasteiger partial charge in [0.15, 0.2) is 0 Å². The molecule has 1 heterocycles. The maximum absolute atomic E-state index is 10.7. The Morgan fingerprint density at radius 1 is 1.65 bits per heavy atom. The Kier molecular flexibility index (Phi) is 3.62. The van der Waals surface area contributed by atoms with Crippen LogP contribution in [0.5, 0.6) is 5.75 Å². The van der Waals surface area contributed by atoms with Crippen molar-refractivity contribution in [2.24, 2.45) is 0 Å². The first-order valence-electron chi connectivity index (χ1n) is 5.67. The Morgan fingerprint density at radius 3 is 3.12 bits per heavy atom. The minimum Gasteiger partial charge on any atom is -0.489 e. The average molecular weight is 252 g/mol. The maximum Gasteiger partial charge on any atom is 0.316 e. The fourth-order valence-corrected chi connectivity index (χ4v) is 2.70. The molecule has 1 aromatic carbocycles. The van der Waals surface area contributed by atoms with Crippen molar-refractivity contribution in [2.45, 2.75) is 31.6 Å². The minimum atomic E-state index is -0.763. The lowest BCUT2D eigenvalue weighted by Crippen LogP contribution is -2.20. The summed E-state index contributed by atoms with van der Waals surface area (Å²) in [6.45, 7) is 3.77. The van der Waals surface area contributed by atoms with E-state index in [0.29, 0.717) is 0 Å². The van der Waals surface area contributed by atoms with Gasteiger partial charge in [-0.05, 0) is 25.5 Å². The lowest BCUT2D eigenvalue weighted by Gasteiger charge is -2.12. The normalized spacial score (nSPS) is 19.5. The number of hydrogen-bond donors (Lipinski definition) is 1. The molecule has 0 aliphatic carbocycles. The summed E-state index contributed by atoms with van der Waals surface area (Å²) in [7, 11) is 0. The highest BCUT2D eigenvalue weighted by atomic mass is 32.2. The summed E-state index contributed by atoms with van der Waals surface area (Å²) in [6.07, 6.45) is 0.995. The zero-order valence-corrected chi connectivity index (χ0v) is 10.8. The van der Waals surface area contributed by atoms with Crippen molar-refractivity contribution in [2.75, 3.05) is 5.75 Å². The van der Waals surface area contributed by atoms with E-state index >= 15 is 0 Å². The summed E-state index contributed by atoms with van der Waals surface area (Å²) in [5.41, 5.74) is 2.47. The summed E-state index contributed by atoms with van der Waals surface area (Å²) < 4.78 is 5.78. The van der Waals surface area contributed by atoms with Crippen LogP contribution < -0.4 is 4.74 Å². The molecule has 2 unspecified atom stereocenters. The van der Waals surface area contributed by atoms with Crippen molar-refractivity contribution in [3.63, 3.8) is 0 Å².